The molecular weight excluding hydrogens is 466 g/mol. The summed E-state index contributed by atoms with van der Waals surface area (Å²) in [5.74, 6) is -0.216. The van der Waals surface area contributed by atoms with E-state index in [0.717, 1.165) is 33.3 Å². The first-order valence-electron chi connectivity index (χ1n) is 11.3. The molecule has 9 heteroatoms. The molecule has 0 saturated heterocycles. The van der Waals surface area contributed by atoms with Gasteiger partial charge in [0.2, 0.25) is 0 Å². The van der Waals surface area contributed by atoms with Crippen LogP contribution in [0.15, 0.2) is 60.7 Å². The van der Waals surface area contributed by atoms with Crippen molar-refractivity contribution in [2.24, 2.45) is 0 Å². The summed E-state index contributed by atoms with van der Waals surface area (Å²) in [6.07, 6.45) is 0. The predicted molar refractivity (Wildman–Crippen MR) is 134 cm³/mol. The van der Waals surface area contributed by atoms with Crippen molar-refractivity contribution in [1.29, 1.82) is 0 Å². The van der Waals surface area contributed by atoms with E-state index in [1.165, 1.54) is 6.07 Å². The molecule has 1 unspecified atom stereocenters. The van der Waals surface area contributed by atoms with Crippen LogP contribution in [0.5, 0.6) is 0 Å². The number of pyridine rings is 1. The lowest BCUT2D eigenvalue weighted by atomic mass is 10.0. The van der Waals surface area contributed by atoms with Crippen molar-refractivity contribution in [1.82, 2.24) is 10.3 Å². The monoisotopic (exact) mass is 493 g/mol. The van der Waals surface area contributed by atoms with Crippen LogP contribution in [0.1, 0.15) is 28.4 Å². The van der Waals surface area contributed by atoms with Crippen molar-refractivity contribution in [3.8, 4) is 0 Å². The van der Waals surface area contributed by atoms with Gasteiger partial charge in [-0.15, -0.1) is 0 Å². The second kappa shape index (κ2) is 11.1. The number of nitrogen functional groups attached to an aromatic ring is 1. The van der Waals surface area contributed by atoms with Gasteiger partial charge >= 0.3 is 0 Å². The van der Waals surface area contributed by atoms with Crippen molar-refractivity contribution >= 4 is 39.1 Å². The molecule has 0 fully saturated rings. The van der Waals surface area contributed by atoms with E-state index in [4.69, 9.17) is 10.7 Å². The Kier molecular flexibility index (Phi) is 8.22. The van der Waals surface area contributed by atoms with Crippen molar-refractivity contribution in [3.05, 3.63) is 87.5 Å². The number of hydrogen-bond acceptors (Lipinski definition) is 5. The summed E-state index contributed by atoms with van der Waals surface area (Å²) in [4.78, 5) is 30.0. The van der Waals surface area contributed by atoms with Crippen LogP contribution in [0, 0.1) is 17.0 Å². The first-order valence-corrected chi connectivity index (χ1v) is 11.3. The highest BCUT2D eigenvalue weighted by molar-refractivity contribution is 6.13. The van der Waals surface area contributed by atoms with E-state index in [1.54, 1.807) is 18.2 Å². The number of aryl methyl sites for hydroxylation is 1. The zero-order chi connectivity index (χ0) is 24.2. The number of nitrogens with one attached hydrogen (secondary N) is 2. The third kappa shape index (κ3) is 5.34. The number of benzene rings is 3. The lowest BCUT2D eigenvalue weighted by Gasteiger charge is -2.18. The fourth-order valence-corrected chi connectivity index (χ4v) is 4.29. The molecule has 1 aromatic heterocycles. The maximum absolute atomic E-state index is 13.1. The van der Waals surface area contributed by atoms with E-state index in [9.17, 15) is 14.9 Å². The van der Waals surface area contributed by atoms with Gasteiger partial charge in [-0.25, -0.2) is 4.98 Å². The minimum absolute atomic E-state index is 0. The minimum Gasteiger partial charge on any atom is -1.00 e. The van der Waals surface area contributed by atoms with Crippen LogP contribution >= 0.6 is 0 Å². The highest BCUT2D eigenvalue weighted by Crippen LogP contribution is 2.31. The van der Waals surface area contributed by atoms with Gasteiger partial charge in [-0.3, -0.25) is 14.9 Å². The number of likely N-dealkylation sites (N-methyl/N-ethyl adjacent to an activating group) is 1. The maximum atomic E-state index is 13.1. The van der Waals surface area contributed by atoms with Gasteiger partial charge in [0.15, 0.2) is 0 Å². The molecule has 182 valence electrons. The Balaban J connectivity index is 0.00000342. The molecule has 0 aliphatic heterocycles. The molecule has 4 rings (SSSR count). The molecule has 1 amide bonds. The number of nitrogens with two attached hydrogens (primary N) is 1. The number of fused-ring (bicyclic) bond motifs is 2. The summed E-state index contributed by atoms with van der Waals surface area (Å²) in [6, 6.07) is 18.1. The SMILES string of the molecule is CC[NH+](CCNC(=O)c1cccc2c(N)c3cccc(C)c3nc12)Cc1ccccc1[N+](=O)[O-].[Cl-]. The number of hydrogen-bond donors (Lipinski definition) is 3. The zero-order valence-corrected chi connectivity index (χ0v) is 20.4. The Morgan fingerprint density at radius 1 is 1.06 bits per heavy atom. The molecule has 1 heterocycles. The molecule has 0 saturated carbocycles. The highest BCUT2D eigenvalue weighted by atomic mass is 35.5. The van der Waals surface area contributed by atoms with E-state index in [0.29, 0.717) is 42.0 Å². The number of nitro groups is 1. The summed E-state index contributed by atoms with van der Waals surface area (Å²) in [5, 5.41) is 15.9. The summed E-state index contributed by atoms with van der Waals surface area (Å²) < 4.78 is 0. The number of para-hydroxylation sites is 3. The molecule has 3 aromatic carbocycles. The molecule has 0 radical (unpaired) electrons. The topological polar surface area (TPSA) is 116 Å². The quantitative estimate of drug-likeness (QED) is 0.182. The number of carbonyl (C=O) groups excluding carboxylic acids is 1. The maximum Gasteiger partial charge on any atom is 0.278 e. The Labute approximate surface area is 209 Å². The van der Waals surface area contributed by atoms with Crippen molar-refractivity contribution in [3.63, 3.8) is 0 Å². The molecule has 8 nitrogen and oxygen atoms in total. The molecule has 0 spiro atoms. The van der Waals surface area contributed by atoms with Crippen LogP contribution in [0.3, 0.4) is 0 Å². The number of quaternary nitrogens is 1. The molecule has 4 aromatic rings. The molecular formula is C26H28ClN5O3. The van der Waals surface area contributed by atoms with Crippen molar-refractivity contribution < 1.29 is 27.0 Å². The van der Waals surface area contributed by atoms with E-state index in [1.807, 2.05) is 50.2 Å². The van der Waals surface area contributed by atoms with E-state index in [-0.39, 0.29) is 28.9 Å². The van der Waals surface area contributed by atoms with E-state index < -0.39 is 0 Å². The standard InChI is InChI=1S/C26H27N5O3.ClH/c1-3-30(16-18-9-4-5-13-22(18)31(33)34)15-14-28-26(32)21-12-7-11-20-23(27)19-10-6-8-17(2)24(19)29-25(20)21;/h4-13H,3,14-16H2,1-2H3,(H2,27,29)(H,28,32);1H. The van der Waals surface area contributed by atoms with Gasteiger partial charge in [0.1, 0.15) is 6.54 Å². The summed E-state index contributed by atoms with van der Waals surface area (Å²) in [7, 11) is 0. The van der Waals surface area contributed by atoms with Crippen LogP contribution < -0.4 is 28.4 Å². The van der Waals surface area contributed by atoms with Crippen LogP contribution in [0.25, 0.3) is 21.8 Å². The van der Waals surface area contributed by atoms with Gasteiger partial charge in [-0.2, -0.15) is 0 Å². The molecule has 0 aliphatic carbocycles. The lowest BCUT2D eigenvalue weighted by molar-refractivity contribution is -0.911. The molecule has 0 bridgehead atoms. The van der Waals surface area contributed by atoms with E-state index in [2.05, 4.69) is 5.32 Å². The van der Waals surface area contributed by atoms with E-state index >= 15 is 0 Å². The number of aromatic nitrogens is 1. The number of rotatable bonds is 8. The Hall–Kier alpha value is -3.75. The average molecular weight is 494 g/mol. The van der Waals surface area contributed by atoms with Crippen LogP contribution in [0.2, 0.25) is 0 Å². The van der Waals surface area contributed by atoms with Crippen LogP contribution in [-0.2, 0) is 6.54 Å². The number of nitro benzene ring substituents is 1. The van der Waals surface area contributed by atoms with Gasteiger partial charge in [-0.05, 0) is 31.5 Å². The Morgan fingerprint density at radius 2 is 1.74 bits per heavy atom. The lowest BCUT2D eigenvalue weighted by Crippen LogP contribution is -3.11. The number of nitrogens with zero attached hydrogens (tertiary/aromatic N) is 2. The smallest absolute Gasteiger partial charge is 0.278 e. The fourth-order valence-electron chi connectivity index (χ4n) is 4.29. The predicted octanol–water partition coefficient (Wildman–Crippen LogP) is 0.0256. The number of carbonyl (C=O) groups is 1. The molecule has 35 heavy (non-hydrogen) atoms. The van der Waals surface area contributed by atoms with Crippen LogP contribution in [-0.4, -0.2) is 35.4 Å². The minimum atomic E-state index is -0.352. The molecule has 0 aliphatic rings. The largest absolute Gasteiger partial charge is 1.00 e. The summed E-state index contributed by atoms with van der Waals surface area (Å²) >= 11 is 0. The van der Waals surface area contributed by atoms with Gasteiger partial charge < -0.3 is 28.4 Å². The van der Waals surface area contributed by atoms with Gasteiger partial charge in [0.25, 0.3) is 11.6 Å². The summed E-state index contributed by atoms with van der Waals surface area (Å²) in [6.45, 7) is 6.36. The fraction of sp³-hybridized carbons (Fsp3) is 0.231. The highest BCUT2D eigenvalue weighted by Gasteiger charge is 2.19. The van der Waals surface area contributed by atoms with Crippen LogP contribution in [0.4, 0.5) is 11.4 Å². The Morgan fingerprint density at radius 3 is 2.46 bits per heavy atom. The first kappa shape index (κ1) is 25.9. The number of halogens is 1. The van der Waals surface area contributed by atoms with Crippen molar-refractivity contribution in [2.45, 2.75) is 20.4 Å². The van der Waals surface area contributed by atoms with Gasteiger partial charge in [-0.1, -0.05) is 42.5 Å². The van der Waals surface area contributed by atoms with Crippen molar-refractivity contribution in [2.75, 3.05) is 25.4 Å². The third-order valence-corrected chi connectivity index (χ3v) is 6.22. The molecule has 4 N–H and O–H groups in total. The van der Waals surface area contributed by atoms with Gasteiger partial charge in [0.05, 0.1) is 52.4 Å². The average Bonchev–Trinajstić information content (AvgIpc) is 2.84. The Bertz CT molecular complexity index is 1390. The number of anilines is 1. The van der Waals surface area contributed by atoms with Gasteiger partial charge in [0, 0.05) is 16.8 Å². The second-order valence-corrected chi connectivity index (χ2v) is 8.37. The third-order valence-electron chi connectivity index (χ3n) is 6.22. The summed E-state index contributed by atoms with van der Waals surface area (Å²) in [5.41, 5.74) is 10.7. The zero-order valence-electron chi connectivity index (χ0n) is 19.7. The number of amides is 1. The normalized spacial score (nSPS) is 11.7. The second-order valence-electron chi connectivity index (χ2n) is 8.37. The first-order chi connectivity index (χ1) is 16.4. The molecule has 1 atom stereocenters.